The van der Waals surface area contributed by atoms with Crippen LogP contribution in [0.2, 0.25) is 0 Å². The molecular weight excluding hydrogens is 250 g/mol. The molecule has 20 heavy (non-hydrogen) atoms. The van der Waals surface area contributed by atoms with E-state index in [0.29, 0.717) is 12.6 Å². The summed E-state index contributed by atoms with van der Waals surface area (Å²) >= 11 is 0. The second-order valence-electron chi connectivity index (χ2n) is 5.37. The Morgan fingerprint density at radius 3 is 2.95 bits per heavy atom. The molecule has 0 fully saturated rings. The molecule has 4 heteroatoms. The summed E-state index contributed by atoms with van der Waals surface area (Å²) in [5.41, 5.74) is 3.90. The molecule has 0 aromatic heterocycles. The average Bonchev–Trinajstić information content (AvgIpc) is 2.47. The summed E-state index contributed by atoms with van der Waals surface area (Å²) in [6.07, 6.45) is 2.22. The lowest BCUT2D eigenvalue weighted by Crippen LogP contribution is -2.38. The van der Waals surface area contributed by atoms with Crippen molar-refractivity contribution in [1.29, 1.82) is 0 Å². The highest BCUT2D eigenvalue weighted by molar-refractivity contribution is 5.81. The predicted molar refractivity (Wildman–Crippen MR) is 83.1 cm³/mol. The van der Waals surface area contributed by atoms with E-state index in [1.54, 1.807) is 7.05 Å². The number of fused-ring (bicyclic) bond motifs is 1. The number of aryl methyl sites for hydroxylation is 1. The van der Waals surface area contributed by atoms with E-state index in [0.717, 1.165) is 25.9 Å². The first kappa shape index (κ1) is 14.9. The van der Waals surface area contributed by atoms with Gasteiger partial charge in [0.1, 0.15) is 0 Å². The molecule has 1 heterocycles. The van der Waals surface area contributed by atoms with E-state index in [-0.39, 0.29) is 5.91 Å². The van der Waals surface area contributed by atoms with E-state index < -0.39 is 0 Å². The summed E-state index contributed by atoms with van der Waals surface area (Å²) in [5, 5.41) is 6.14. The van der Waals surface area contributed by atoms with Crippen molar-refractivity contribution in [3.63, 3.8) is 0 Å². The Morgan fingerprint density at radius 2 is 2.25 bits per heavy atom. The van der Waals surface area contributed by atoms with Crippen LogP contribution < -0.4 is 15.5 Å². The zero-order valence-electron chi connectivity index (χ0n) is 12.7. The van der Waals surface area contributed by atoms with Crippen molar-refractivity contribution >= 4 is 11.6 Å². The highest BCUT2D eigenvalue weighted by Gasteiger charge is 2.19. The minimum absolute atomic E-state index is 0.0722. The van der Waals surface area contributed by atoms with Crippen molar-refractivity contribution in [2.24, 2.45) is 0 Å². The molecule has 1 aliphatic rings. The van der Waals surface area contributed by atoms with Crippen LogP contribution in [0.4, 0.5) is 5.69 Å². The first-order chi connectivity index (χ1) is 9.65. The van der Waals surface area contributed by atoms with Gasteiger partial charge in [0, 0.05) is 25.3 Å². The lowest BCUT2D eigenvalue weighted by molar-refractivity contribution is -0.119. The summed E-state index contributed by atoms with van der Waals surface area (Å²) < 4.78 is 0. The van der Waals surface area contributed by atoms with Gasteiger partial charge < -0.3 is 15.5 Å². The summed E-state index contributed by atoms with van der Waals surface area (Å²) in [7, 11) is 1.69. The molecule has 0 saturated heterocycles. The van der Waals surface area contributed by atoms with Gasteiger partial charge in [-0.25, -0.2) is 0 Å². The normalized spacial score (nSPS) is 15.7. The van der Waals surface area contributed by atoms with Crippen LogP contribution in [-0.2, 0) is 11.2 Å². The number of hydrogen-bond donors (Lipinski definition) is 2. The number of nitrogens with one attached hydrogen (secondary N) is 2. The molecule has 110 valence electrons. The van der Waals surface area contributed by atoms with Crippen LogP contribution in [0.15, 0.2) is 18.2 Å². The van der Waals surface area contributed by atoms with Gasteiger partial charge in [-0.1, -0.05) is 19.1 Å². The number of carbonyl (C=O) groups excluding carboxylic acids is 1. The van der Waals surface area contributed by atoms with Gasteiger partial charge in [-0.05, 0) is 43.5 Å². The van der Waals surface area contributed by atoms with E-state index in [4.69, 9.17) is 0 Å². The second-order valence-corrected chi connectivity index (χ2v) is 5.37. The molecule has 0 bridgehead atoms. The highest BCUT2D eigenvalue weighted by Crippen LogP contribution is 2.29. The van der Waals surface area contributed by atoms with Crippen molar-refractivity contribution in [2.75, 3.05) is 31.6 Å². The number of likely N-dealkylation sites (N-methyl/N-ethyl adjacent to an activating group) is 1. The van der Waals surface area contributed by atoms with E-state index in [2.05, 4.69) is 47.6 Å². The van der Waals surface area contributed by atoms with Crippen molar-refractivity contribution in [1.82, 2.24) is 10.6 Å². The topological polar surface area (TPSA) is 44.4 Å². The lowest BCUT2D eigenvalue weighted by Gasteiger charge is -2.31. The van der Waals surface area contributed by atoms with Crippen LogP contribution in [0, 0.1) is 0 Å². The minimum Gasteiger partial charge on any atom is -0.362 e. The largest absolute Gasteiger partial charge is 0.362 e. The molecule has 0 spiro atoms. The Balaban J connectivity index is 2.19. The zero-order chi connectivity index (χ0) is 14.5. The number of rotatable bonds is 5. The van der Waals surface area contributed by atoms with Crippen molar-refractivity contribution in [3.8, 4) is 0 Å². The van der Waals surface area contributed by atoms with Crippen molar-refractivity contribution in [3.05, 3.63) is 29.3 Å². The summed E-state index contributed by atoms with van der Waals surface area (Å²) in [4.78, 5) is 13.8. The maximum absolute atomic E-state index is 11.6. The van der Waals surface area contributed by atoms with Gasteiger partial charge in [0.05, 0.1) is 6.54 Å². The zero-order valence-corrected chi connectivity index (χ0v) is 12.7. The molecular formula is C16H25N3O. The molecule has 1 atom stereocenters. The average molecular weight is 275 g/mol. The van der Waals surface area contributed by atoms with E-state index in [9.17, 15) is 4.79 Å². The van der Waals surface area contributed by atoms with Crippen molar-refractivity contribution < 1.29 is 4.79 Å². The Kier molecular flexibility index (Phi) is 5.01. The Morgan fingerprint density at radius 1 is 1.45 bits per heavy atom. The van der Waals surface area contributed by atoms with Crippen LogP contribution in [0.3, 0.4) is 0 Å². The molecule has 0 saturated carbocycles. The quantitative estimate of drug-likeness (QED) is 0.862. The van der Waals surface area contributed by atoms with Crippen LogP contribution >= 0.6 is 0 Å². The smallest absolute Gasteiger partial charge is 0.239 e. The fourth-order valence-electron chi connectivity index (χ4n) is 2.81. The van der Waals surface area contributed by atoms with Gasteiger partial charge >= 0.3 is 0 Å². The van der Waals surface area contributed by atoms with Crippen LogP contribution in [0.1, 0.15) is 37.4 Å². The van der Waals surface area contributed by atoms with Crippen LogP contribution in [0.25, 0.3) is 0 Å². The van der Waals surface area contributed by atoms with Crippen LogP contribution in [-0.4, -0.2) is 32.6 Å². The molecule has 1 unspecified atom stereocenters. The van der Waals surface area contributed by atoms with E-state index in [1.807, 2.05) is 0 Å². The number of carbonyl (C=O) groups is 1. The van der Waals surface area contributed by atoms with E-state index in [1.165, 1.54) is 16.8 Å². The maximum atomic E-state index is 11.6. The highest BCUT2D eigenvalue weighted by atomic mass is 16.1. The fourth-order valence-corrected chi connectivity index (χ4v) is 2.81. The molecule has 4 nitrogen and oxygen atoms in total. The third-order valence-corrected chi connectivity index (χ3v) is 3.94. The van der Waals surface area contributed by atoms with Crippen molar-refractivity contribution in [2.45, 2.75) is 32.7 Å². The van der Waals surface area contributed by atoms with Gasteiger partial charge in [-0.3, -0.25) is 4.79 Å². The summed E-state index contributed by atoms with van der Waals surface area (Å²) in [6.45, 7) is 6.70. The molecule has 1 aromatic rings. The Labute approximate surface area is 121 Å². The predicted octanol–water partition coefficient (Wildman–Crippen LogP) is 1.86. The Hall–Kier alpha value is -1.55. The van der Waals surface area contributed by atoms with Gasteiger partial charge in [0.2, 0.25) is 5.91 Å². The number of anilines is 1. The maximum Gasteiger partial charge on any atom is 0.239 e. The SMILES string of the molecule is CCNC(C)c1ccc2c(c1)CCCN2CC(=O)NC. The molecule has 0 radical (unpaired) electrons. The number of benzene rings is 1. The fraction of sp³-hybridized carbons (Fsp3) is 0.562. The number of amides is 1. The molecule has 2 rings (SSSR count). The summed E-state index contributed by atoms with van der Waals surface area (Å²) in [5.74, 6) is 0.0722. The summed E-state index contributed by atoms with van der Waals surface area (Å²) in [6, 6.07) is 7.01. The second kappa shape index (κ2) is 6.75. The lowest BCUT2D eigenvalue weighted by atomic mass is 9.96. The standard InChI is InChI=1S/C16H25N3O/c1-4-18-12(2)13-7-8-15-14(10-13)6-5-9-19(15)11-16(20)17-3/h7-8,10,12,18H,4-6,9,11H2,1-3H3,(H,17,20). The van der Waals surface area contributed by atoms with Gasteiger partial charge in [-0.15, -0.1) is 0 Å². The van der Waals surface area contributed by atoms with E-state index >= 15 is 0 Å². The number of hydrogen-bond acceptors (Lipinski definition) is 3. The first-order valence-electron chi connectivity index (χ1n) is 7.47. The molecule has 1 aliphatic heterocycles. The van der Waals surface area contributed by atoms with Gasteiger partial charge in [-0.2, -0.15) is 0 Å². The van der Waals surface area contributed by atoms with Gasteiger partial charge in [0.25, 0.3) is 0 Å². The van der Waals surface area contributed by atoms with Gasteiger partial charge in [0.15, 0.2) is 0 Å². The molecule has 2 N–H and O–H groups in total. The molecule has 0 aliphatic carbocycles. The Bertz CT molecular complexity index is 473. The van der Waals surface area contributed by atoms with Crippen LogP contribution in [0.5, 0.6) is 0 Å². The third kappa shape index (κ3) is 3.31. The third-order valence-electron chi connectivity index (χ3n) is 3.94. The molecule has 1 amide bonds. The monoisotopic (exact) mass is 275 g/mol. The minimum atomic E-state index is 0.0722. The molecule has 1 aromatic carbocycles. The first-order valence-corrected chi connectivity index (χ1v) is 7.47. The number of nitrogens with zero attached hydrogens (tertiary/aromatic N) is 1.